The van der Waals surface area contributed by atoms with Gasteiger partial charge in [-0.3, -0.25) is 4.79 Å². The van der Waals surface area contributed by atoms with E-state index in [0.717, 1.165) is 12.8 Å². The summed E-state index contributed by atoms with van der Waals surface area (Å²) in [5.74, 6) is 0.469. The second-order valence-electron chi connectivity index (χ2n) is 5.69. The zero-order valence-corrected chi connectivity index (χ0v) is 11.8. The first-order valence-corrected chi connectivity index (χ1v) is 7.59. The number of benzene rings is 2. The van der Waals surface area contributed by atoms with Crippen LogP contribution in [0.15, 0.2) is 42.5 Å². The zero-order valence-electron chi connectivity index (χ0n) is 11.8. The van der Waals surface area contributed by atoms with E-state index in [0.29, 0.717) is 6.54 Å². The number of nitrogens with one attached hydrogen (secondary N) is 1. The van der Waals surface area contributed by atoms with Gasteiger partial charge in [0.1, 0.15) is 0 Å². The SMILES string of the molecule is O=C(NCc1cccc2ccccc12)C1CCCCC1. The van der Waals surface area contributed by atoms with Gasteiger partial charge >= 0.3 is 0 Å². The van der Waals surface area contributed by atoms with Crippen molar-refractivity contribution in [2.45, 2.75) is 38.6 Å². The Morgan fingerprint density at radius 2 is 1.75 bits per heavy atom. The van der Waals surface area contributed by atoms with Crippen LogP contribution in [0.25, 0.3) is 10.8 Å². The highest BCUT2D eigenvalue weighted by Crippen LogP contribution is 2.24. The van der Waals surface area contributed by atoms with Crippen LogP contribution in [0.3, 0.4) is 0 Å². The molecule has 2 heteroatoms. The summed E-state index contributed by atoms with van der Waals surface area (Å²) >= 11 is 0. The lowest BCUT2D eigenvalue weighted by Gasteiger charge is -2.21. The highest BCUT2D eigenvalue weighted by molar-refractivity contribution is 5.86. The molecule has 2 nitrogen and oxygen atoms in total. The fraction of sp³-hybridized carbons (Fsp3) is 0.389. The van der Waals surface area contributed by atoms with E-state index in [-0.39, 0.29) is 11.8 Å². The summed E-state index contributed by atoms with van der Waals surface area (Å²) in [6.07, 6.45) is 5.80. The Hall–Kier alpha value is -1.83. The predicted octanol–water partition coefficient (Wildman–Crippen LogP) is 4.04. The second kappa shape index (κ2) is 6.08. The molecule has 1 amide bonds. The van der Waals surface area contributed by atoms with Crippen molar-refractivity contribution in [1.29, 1.82) is 0 Å². The fourth-order valence-corrected chi connectivity index (χ4v) is 3.14. The highest BCUT2D eigenvalue weighted by atomic mass is 16.1. The molecule has 0 unspecified atom stereocenters. The van der Waals surface area contributed by atoms with E-state index in [9.17, 15) is 4.79 Å². The highest BCUT2D eigenvalue weighted by Gasteiger charge is 2.20. The van der Waals surface area contributed by atoms with Gasteiger partial charge in [0, 0.05) is 12.5 Å². The van der Waals surface area contributed by atoms with E-state index in [4.69, 9.17) is 0 Å². The van der Waals surface area contributed by atoms with E-state index in [1.165, 1.54) is 35.6 Å². The number of fused-ring (bicyclic) bond motifs is 1. The van der Waals surface area contributed by atoms with Crippen LogP contribution in [0.5, 0.6) is 0 Å². The van der Waals surface area contributed by atoms with Crippen molar-refractivity contribution in [3.05, 3.63) is 48.0 Å². The van der Waals surface area contributed by atoms with Gasteiger partial charge in [-0.15, -0.1) is 0 Å². The van der Waals surface area contributed by atoms with Crippen molar-refractivity contribution in [2.75, 3.05) is 0 Å². The maximum absolute atomic E-state index is 12.2. The molecule has 20 heavy (non-hydrogen) atoms. The molecule has 1 saturated carbocycles. The molecule has 3 rings (SSSR count). The number of hydrogen-bond donors (Lipinski definition) is 1. The third-order valence-electron chi connectivity index (χ3n) is 4.31. The number of hydrogen-bond acceptors (Lipinski definition) is 1. The average Bonchev–Trinajstić information content (AvgIpc) is 2.53. The quantitative estimate of drug-likeness (QED) is 0.893. The van der Waals surface area contributed by atoms with Crippen LogP contribution in [0.1, 0.15) is 37.7 Å². The van der Waals surface area contributed by atoms with Gasteiger partial charge in [-0.2, -0.15) is 0 Å². The van der Waals surface area contributed by atoms with Gasteiger partial charge < -0.3 is 5.32 Å². The Balaban J connectivity index is 1.69. The van der Waals surface area contributed by atoms with Gasteiger partial charge in [-0.05, 0) is 29.2 Å². The Bertz CT molecular complexity index is 594. The fourth-order valence-electron chi connectivity index (χ4n) is 3.14. The van der Waals surface area contributed by atoms with E-state index in [2.05, 4.69) is 41.7 Å². The first-order valence-electron chi connectivity index (χ1n) is 7.59. The number of carbonyl (C=O) groups is 1. The molecule has 0 aliphatic heterocycles. The summed E-state index contributed by atoms with van der Waals surface area (Å²) in [5.41, 5.74) is 1.20. The van der Waals surface area contributed by atoms with Gasteiger partial charge in [0.25, 0.3) is 0 Å². The van der Waals surface area contributed by atoms with Crippen LogP contribution >= 0.6 is 0 Å². The van der Waals surface area contributed by atoms with Crippen molar-refractivity contribution in [3.63, 3.8) is 0 Å². The standard InChI is InChI=1S/C18H21NO/c20-18(15-8-2-1-3-9-15)19-13-16-11-6-10-14-7-4-5-12-17(14)16/h4-7,10-12,15H,1-3,8-9,13H2,(H,19,20). The lowest BCUT2D eigenvalue weighted by molar-refractivity contribution is -0.126. The Morgan fingerprint density at radius 1 is 1.00 bits per heavy atom. The van der Waals surface area contributed by atoms with Crippen molar-refractivity contribution >= 4 is 16.7 Å². The molecule has 0 heterocycles. The minimum absolute atomic E-state index is 0.234. The number of carbonyl (C=O) groups excluding carboxylic acids is 1. The molecule has 0 radical (unpaired) electrons. The van der Waals surface area contributed by atoms with E-state index in [1.54, 1.807) is 0 Å². The normalized spacial score (nSPS) is 16.2. The third-order valence-corrected chi connectivity index (χ3v) is 4.31. The molecular formula is C18H21NO. The minimum Gasteiger partial charge on any atom is -0.352 e. The van der Waals surface area contributed by atoms with Crippen molar-refractivity contribution < 1.29 is 4.79 Å². The summed E-state index contributed by atoms with van der Waals surface area (Å²) in [6.45, 7) is 0.636. The van der Waals surface area contributed by atoms with E-state index < -0.39 is 0 Å². The van der Waals surface area contributed by atoms with Gasteiger partial charge in [0.2, 0.25) is 5.91 Å². The molecule has 0 aromatic heterocycles. The summed E-state index contributed by atoms with van der Waals surface area (Å²) < 4.78 is 0. The summed E-state index contributed by atoms with van der Waals surface area (Å²) in [5, 5.41) is 5.59. The number of rotatable bonds is 3. The Labute approximate surface area is 120 Å². The first kappa shape index (κ1) is 13.2. The molecule has 1 fully saturated rings. The van der Waals surface area contributed by atoms with Crippen molar-refractivity contribution in [3.8, 4) is 0 Å². The van der Waals surface area contributed by atoms with Gasteiger partial charge in [-0.1, -0.05) is 61.7 Å². The van der Waals surface area contributed by atoms with E-state index >= 15 is 0 Å². The molecule has 1 N–H and O–H groups in total. The lowest BCUT2D eigenvalue weighted by Crippen LogP contribution is -2.31. The van der Waals surface area contributed by atoms with Gasteiger partial charge in [-0.25, -0.2) is 0 Å². The Morgan fingerprint density at radius 3 is 2.60 bits per heavy atom. The monoisotopic (exact) mass is 267 g/mol. The topological polar surface area (TPSA) is 29.1 Å². The minimum atomic E-state index is 0.234. The molecule has 0 spiro atoms. The third kappa shape index (κ3) is 2.84. The maximum Gasteiger partial charge on any atom is 0.223 e. The van der Waals surface area contributed by atoms with Crippen LogP contribution < -0.4 is 5.32 Å². The molecule has 2 aromatic carbocycles. The summed E-state index contributed by atoms with van der Waals surface area (Å²) in [4.78, 5) is 12.2. The largest absolute Gasteiger partial charge is 0.352 e. The van der Waals surface area contributed by atoms with Crippen LogP contribution in [0, 0.1) is 5.92 Å². The summed E-state index contributed by atoms with van der Waals surface area (Å²) in [7, 11) is 0. The Kier molecular flexibility index (Phi) is 4.00. The first-order chi connectivity index (χ1) is 9.84. The van der Waals surface area contributed by atoms with Crippen molar-refractivity contribution in [2.24, 2.45) is 5.92 Å². The van der Waals surface area contributed by atoms with Crippen molar-refractivity contribution in [1.82, 2.24) is 5.32 Å². The predicted molar refractivity (Wildman–Crippen MR) is 82.4 cm³/mol. The van der Waals surface area contributed by atoms with Crippen LogP contribution in [0.2, 0.25) is 0 Å². The maximum atomic E-state index is 12.2. The molecule has 1 aliphatic rings. The molecule has 104 valence electrons. The molecule has 0 bridgehead atoms. The number of amides is 1. The molecule has 2 aromatic rings. The zero-order chi connectivity index (χ0) is 13.8. The summed E-state index contributed by atoms with van der Waals surface area (Å²) in [6, 6.07) is 14.6. The molecule has 0 atom stereocenters. The van der Waals surface area contributed by atoms with E-state index in [1.807, 2.05) is 6.07 Å². The molecule has 0 saturated heterocycles. The second-order valence-corrected chi connectivity index (χ2v) is 5.69. The average molecular weight is 267 g/mol. The van der Waals surface area contributed by atoms with Crippen LogP contribution in [-0.2, 0) is 11.3 Å². The van der Waals surface area contributed by atoms with Crippen LogP contribution in [-0.4, -0.2) is 5.91 Å². The smallest absolute Gasteiger partial charge is 0.223 e. The van der Waals surface area contributed by atoms with Crippen LogP contribution in [0.4, 0.5) is 0 Å². The molecule has 1 aliphatic carbocycles. The lowest BCUT2D eigenvalue weighted by atomic mass is 9.88. The van der Waals surface area contributed by atoms with Gasteiger partial charge in [0.05, 0.1) is 0 Å². The van der Waals surface area contributed by atoms with Gasteiger partial charge in [0.15, 0.2) is 0 Å². The molecular weight excluding hydrogens is 246 g/mol.